The average Bonchev–Trinajstić information content (AvgIpc) is 2.59. The highest BCUT2D eigenvalue weighted by atomic mass is 16.3. The number of ketones is 1. The molecule has 2 aromatic rings. The summed E-state index contributed by atoms with van der Waals surface area (Å²) < 4.78 is 1.86. The molecule has 0 aromatic carbocycles. The van der Waals surface area contributed by atoms with Crippen LogP contribution in [0.15, 0.2) is 36.7 Å². The van der Waals surface area contributed by atoms with Crippen LogP contribution in [-0.2, 0) is 0 Å². The van der Waals surface area contributed by atoms with Gasteiger partial charge in [-0.15, -0.1) is 0 Å². The van der Waals surface area contributed by atoms with E-state index < -0.39 is 6.10 Å². The second-order valence-electron chi connectivity index (χ2n) is 3.30. The fraction of sp³-hybridized carbons (Fsp3) is 0.182. The molecule has 0 saturated carbocycles. The van der Waals surface area contributed by atoms with E-state index in [1.807, 2.05) is 28.8 Å². The minimum Gasteiger partial charge on any atom is -0.385 e. The van der Waals surface area contributed by atoms with E-state index in [0.29, 0.717) is 5.56 Å². The van der Waals surface area contributed by atoms with Crippen molar-refractivity contribution < 1.29 is 9.90 Å². The molecule has 14 heavy (non-hydrogen) atoms. The van der Waals surface area contributed by atoms with E-state index in [4.69, 9.17) is 5.11 Å². The van der Waals surface area contributed by atoms with Crippen molar-refractivity contribution in [1.82, 2.24) is 4.40 Å². The fourth-order valence-electron chi connectivity index (χ4n) is 1.43. The molecular formula is C11H11NO2. The molecule has 0 aliphatic carbocycles. The van der Waals surface area contributed by atoms with Crippen molar-refractivity contribution in [2.24, 2.45) is 0 Å². The molecule has 1 N–H and O–H groups in total. The largest absolute Gasteiger partial charge is 0.385 e. The predicted molar refractivity (Wildman–Crippen MR) is 53.4 cm³/mol. The first-order chi connectivity index (χ1) is 6.68. The summed E-state index contributed by atoms with van der Waals surface area (Å²) in [6.07, 6.45) is 2.66. The Balaban J connectivity index is 2.50. The van der Waals surface area contributed by atoms with Crippen LogP contribution in [0.5, 0.6) is 0 Å². The molecule has 0 saturated heterocycles. The van der Waals surface area contributed by atoms with Crippen molar-refractivity contribution in [3.05, 3.63) is 42.2 Å². The third kappa shape index (κ3) is 1.42. The number of nitrogens with zero attached hydrogens (tertiary/aromatic N) is 1. The molecule has 0 unspecified atom stereocenters. The van der Waals surface area contributed by atoms with Crippen LogP contribution in [0, 0.1) is 0 Å². The molecule has 1 atom stereocenters. The maximum Gasteiger partial charge on any atom is 0.192 e. The first-order valence-electron chi connectivity index (χ1n) is 4.47. The molecule has 3 heteroatoms. The van der Waals surface area contributed by atoms with Crippen molar-refractivity contribution in [3.63, 3.8) is 0 Å². The van der Waals surface area contributed by atoms with Crippen LogP contribution in [-0.4, -0.2) is 21.4 Å². The standard InChI is InChI=1S/C11H11NO2/c1-8(13)11(14)9-6-10-4-2-3-5-12(10)7-9/h2-8,13H,1H3/t8-/m1/s1. The van der Waals surface area contributed by atoms with E-state index in [9.17, 15) is 4.79 Å². The molecule has 0 aliphatic rings. The van der Waals surface area contributed by atoms with Gasteiger partial charge in [0.2, 0.25) is 0 Å². The first-order valence-corrected chi connectivity index (χ1v) is 4.47. The normalized spacial score (nSPS) is 13.0. The number of hydrogen-bond donors (Lipinski definition) is 1. The molecular weight excluding hydrogens is 178 g/mol. The van der Waals surface area contributed by atoms with Gasteiger partial charge in [0.1, 0.15) is 6.10 Å². The van der Waals surface area contributed by atoms with Gasteiger partial charge in [0.15, 0.2) is 5.78 Å². The summed E-state index contributed by atoms with van der Waals surface area (Å²) in [7, 11) is 0. The van der Waals surface area contributed by atoms with E-state index in [1.165, 1.54) is 6.92 Å². The van der Waals surface area contributed by atoms with Gasteiger partial charge in [-0.3, -0.25) is 4.79 Å². The zero-order valence-corrected chi connectivity index (χ0v) is 7.84. The van der Waals surface area contributed by atoms with Crippen LogP contribution < -0.4 is 0 Å². The van der Waals surface area contributed by atoms with Crippen molar-refractivity contribution in [1.29, 1.82) is 0 Å². The topological polar surface area (TPSA) is 41.7 Å². The van der Waals surface area contributed by atoms with Crippen molar-refractivity contribution >= 4 is 11.3 Å². The van der Waals surface area contributed by atoms with Gasteiger partial charge in [-0.2, -0.15) is 0 Å². The van der Waals surface area contributed by atoms with Gasteiger partial charge in [-0.25, -0.2) is 0 Å². The number of pyridine rings is 1. The van der Waals surface area contributed by atoms with Crippen LogP contribution >= 0.6 is 0 Å². The number of aliphatic hydroxyl groups excluding tert-OH is 1. The van der Waals surface area contributed by atoms with Crippen molar-refractivity contribution in [3.8, 4) is 0 Å². The number of carbonyl (C=O) groups is 1. The summed E-state index contributed by atoms with van der Waals surface area (Å²) >= 11 is 0. The smallest absolute Gasteiger partial charge is 0.192 e. The van der Waals surface area contributed by atoms with E-state index in [1.54, 1.807) is 12.3 Å². The van der Waals surface area contributed by atoms with Gasteiger partial charge in [0.05, 0.1) is 0 Å². The minimum atomic E-state index is -0.938. The molecule has 2 heterocycles. The Morgan fingerprint density at radius 3 is 2.93 bits per heavy atom. The summed E-state index contributed by atoms with van der Waals surface area (Å²) in [5.74, 6) is -0.242. The van der Waals surface area contributed by atoms with Gasteiger partial charge in [-0.05, 0) is 25.1 Å². The average molecular weight is 189 g/mol. The highest BCUT2D eigenvalue weighted by Gasteiger charge is 2.13. The molecule has 72 valence electrons. The molecule has 3 nitrogen and oxygen atoms in total. The Labute approximate surface area is 81.6 Å². The monoisotopic (exact) mass is 189 g/mol. The summed E-state index contributed by atoms with van der Waals surface area (Å²) in [5, 5.41) is 9.14. The molecule has 2 rings (SSSR count). The predicted octanol–water partition coefficient (Wildman–Crippen LogP) is 1.50. The zero-order chi connectivity index (χ0) is 10.1. The summed E-state index contributed by atoms with van der Waals surface area (Å²) in [5.41, 5.74) is 1.50. The van der Waals surface area contributed by atoms with E-state index >= 15 is 0 Å². The highest BCUT2D eigenvalue weighted by molar-refractivity contribution is 6.00. The highest BCUT2D eigenvalue weighted by Crippen LogP contribution is 2.11. The Kier molecular flexibility index (Phi) is 2.09. The van der Waals surface area contributed by atoms with E-state index in [-0.39, 0.29) is 5.78 Å². The number of carbonyl (C=O) groups excluding carboxylic acids is 1. The summed E-state index contributed by atoms with van der Waals surface area (Å²) in [6, 6.07) is 7.49. The second kappa shape index (κ2) is 3.27. The number of aromatic nitrogens is 1. The van der Waals surface area contributed by atoms with Gasteiger partial charge < -0.3 is 9.51 Å². The molecule has 0 fully saturated rings. The van der Waals surface area contributed by atoms with Crippen LogP contribution in [0.25, 0.3) is 5.52 Å². The van der Waals surface area contributed by atoms with Gasteiger partial charge in [-0.1, -0.05) is 6.07 Å². The maximum atomic E-state index is 11.5. The lowest BCUT2D eigenvalue weighted by Crippen LogP contribution is -2.15. The first kappa shape index (κ1) is 8.97. The third-order valence-corrected chi connectivity index (χ3v) is 2.17. The Hall–Kier alpha value is -1.61. The lowest BCUT2D eigenvalue weighted by Gasteiger charge is -1.98. The quantitative estimate of drug-likeness (QED) is 0.727. The van der Waals surface area contributed by atoms with Gasteiger partial charge in [0, 0.05) is 23.5 Å². The van der Waals surface area contributed by atoms with Crippen molar-refractivity contribution in [2.75, 3.05) is 0 Å². The van der Waals surface area contributed by atoms with E-state index in [2.05, 4.69) is 0 Å². The molecule has 2 aromatic heterocycles. The van der Waals surface area contributed by atoms with Crippen LogP contribution in [0.4, 0.5) is 0 Å². The second-order valence-corrected chi connectivity index (χ2v) is 3.30. The maximum absolute atomic E-state index is 11.5. The molecule has 0 spiro atoms. The van der Waals surface area contributed by atoms with Crippen molar-refractivity contribution in [2.45, 2.75) is 13.0 Å². The van der Waals surface area contributed by atoms with Crippen LogP contribution in [0.3, 0.4) is 0 Å². The third-order valence-electron chi connectivity index (χ3n) is 2.17. The molecule has 0 bridgehead atoms. The Bertz CT molecular complexity index is 438. The zero-order valence-electron chi connectivity index (χ0n) is 7.84. The lowest BCUT2D eigenvalue weighted by atomic mass is 10.1. The van der Waals surface area contributed by atoms with Gasteiger partial charge in [0.25, 0.3) is 0 Å². The Morgan fingerprint density at radius 1 is 1.50 bits per heavy atom. The number of Topliss-reactive ketones (excluding diaryl/α,β-unsaturated/α-hetero) is 1. The molecule has 0 amide bonds. The van der Waals surface area contributed by atoms with E-state index in [0.717, 1.165) is 5.52 Å². The molecule has 0 aliphatic heterocycles. The number of aliphatic hydroxyl groups is 1. The lowest BCUT2D eigenvalue weighted by molar-refractivity contribution is 0.0779. The van der Waals surface area contributed by atoms with Crippen LogP contribution in [0.1, 0.15) is 17.3 Å². The molecule has 0 radical (unpaired) electrons. The Morgan fingerprint density at radius 2 is 2.29 bits per heavy atom. The fourth-order valence-corrected chi connectivity index (χ4v) is 1.43. The summed E-state index contributed by atoms with van der Waals surface area (Å²) in [6.45, 7) is 1.48. The van der Waals surface area contributed by atoms with Gasteiger partial charge >= 0.3 is 0 Å². The SMILES string of the molecule is C[C@@H](O)C(=O)c1cc2ccccn2c1. The number of fused-ring (bicyclic) bond motifs is 1. The van der Waals surface area contributed by atoms with Crippen LogP contribution in [0.2, 0.25) is 0 Å². The summed E-state index contributed by atoms with van der Waals surface area (Å²) in [4.78, 5) is 11.5. The number of rotatable bonds is 2. The minimum absolute atomic E-state index is 0.242. The number of hydrogen-bond acceptors (Lipinski definition) is 2.